The summed E-state index contributed by atoms with van der Waals surface area (Å²) in [4.78, 5) is 27.0. The van der Waals surface area contributed by atoms with Crippen LogP contribution in [-0.2, 0) is 5.54 Å². The Kier molecular flexibility index (Phi) is 4.21. The minimum absolute atomic E-state index is 0.131. The van der Waals surface area contributed by atoms with Crippen LogP contribution in [0, 0.1) is 5.92 Å². The molecule has 0 saturated heterocycles. The predicted octanol–water partition coefficient (Wildman–Crippen LogP) is 2.22. The molecule has 5 nitrogen and oxygen atoms in total. The lowest BCUT2D eigenvalue weighted by atomic mass is 9.94. The van der Waals surface area contributed by atoms with Crippen LogP contribution in [0.25, 0.3) is 0 Å². The van der Waals surface area contributed by atoms with Gasteiger partial charge < -0.3 is 5.32 Å². The van der Waals surface area contributed by atoms with Gasteiger partial charge in [-0.3, -0.25) is 14.3 Å². The zero-order valence-corrected chi connectivity index (χ0v) is 13.0. The molecule has 0 radical (unpaired) electrons. The topological polar surface area (TPSA) is 66.9 Å². The Bertz CT molecular complexity index is 643. The monoisotopic (exact) mass is 289 g/mol. The van der Waals surface area contributed by atoms with Crippen molar-refractivity contribution in [3.63, 3.8) is 0 Å². The maximum absolute atomic E-state index is 12.1. The summed E-state index contributed by atoms with van der Waals surface area (Å²) >= 11 is 0. The van der Waals surface area contributed by atoms with Crippen LogP contribution in [0.4, 0.5) is 5.82 Å². The maximum Gasteiger partial charge on any atom is 0.330 e. The molecule has 0 aliphatic heterocycles. The first-order chi connectivity index (χ1) is 9.79. The normalized spacial score (nSPS) is 19.5. The van der Waals surface area contributed by atoms with Gasteiger partial charge in [-0.15, -0.1) is 0 Å². The second kappa shape index (κ2) is 5.76. The molecule has 0 saturated carbocycles. The smallest absolute Gasteiger partial charge is 0.330 e. The minimum atomic E-state index is -0.536. The summed E-state index contributed by atoms with van der Waals surface area (Å²) < 4.78 is 1.23. The Balaban J connectivity index is 2.23. The number of hydrogen-bond donors (Lipinski definition) is 2. The van der Waals surface area contributed by atoms with Crippen LogP contribution in [0.5, 0.6) is 0 Å². The van der Waals surface area contributed by atoms with E-state index < -0.39 is 5.54 Å². The van der Waals surface area contributed by atoms with E-state index in [1.807, 2.05) is 39.8 Å². The van der Waals surface area contributed by atoms with Crippen molar-refractivity contribution >= 4 is 5.82 Å². The fraction of sp³-hybridized carbons (Fsp3) is 0.500. The van der Waals surface area contributed by atoms with Crippen LogP contribution in [0.3, 0.4) is 0 Å². The third kappa shape index (κ3) is 3.54. The highest BCUT2D eigenvalue weighted by atomic mass is 16.2. The van der Waals surface area contributed by atoms with Crippen molar-refractivity contribution in [2.24, 2.45) is 5.92 Å². The molecule has 0 fully saturated rings. The van der Waals surface area contributed by atoms with Crippen LogP contribution in [0.15, 0.2) is 40.0 Å². The molecular weight excluding hydrogens is 266 g/mol. The van der Waals surface area contributed by atoms with Crippen molar-refractivity contribution in [2.45, 2.75) is 45.7 Å². The average Bonchev–Trinajstić information content (AvgIpc) is 2.37. The van der Waals surface area contributed by atoms with Gasteiger partial charge in [0.2, 0.25) is 0 Å². The zero-order chi connectivity index (χ0) is 15.6. The number of aromatic amines is 1. The van der Waals surface area contributed by atoms with Crippen molar-refractivity contribution in [1.82, 2.24) is 9.55 Å². The SMILES string of the molecule is C[C@H](Nc1cc(=O)n(C(C)(C)C)c(=O)[nH]1)C1C=CC=CC1. The highest BCUT2D eigenvalue weighted by molar-refractivity contribution is 5.34. The fourth-order valence-corrected chi connectivity index (χ4v) is 2.53. The molecule has 0 aromatic carbocycles. The molecule has 1 aromatic heterocycles. The highest BCUT2D eigenvalue weighted by Gasteiger charge is 2.20. The number of hydrogen-bond acceptors (Lipinski definition) is 3. The number of rotatable bonds is 3. The molecule has 5 heteroatoms. The van der Waals surface area contributed by atoms with Gasteiger partial charge in [-0.2, -0.15) is 0 Å². The summed E-state index contributed by atoms with van der Waals surface area (Å²) in [6.07, 6.45) is 9.24. The van der Waals surface area contributed by atoms with E-state index in [-0.39, 0.29) is 17.3 Å². The highest BCUT2D eigenvalue weighted by Crippen LogP contribution is 2.18. The molecule has 1 heterocycles. The van der Waals surface area contributed by atoms with E-state index >= 15 is 0 Å². The number of H-pyrrole nitrogens is 1. The van der Waals surface area contributed by atoms with Crippen LogP contribution >= 0.6 is 0 Å². The van der Waals surface area contributed by atoms with E-state index in [1.165, 1.54) is 10.6 Å². The lowest BCUT2D eigenvalue weighted by molar-refractivity contribution is 0.367. The summed E-state index contributed by atoms with van der Waals surface area (Å²) in [6, 6.07) is 1.58. The van der Waals surface area contributed by atoms with Gasteiger partial charge in [-0.25, -0.2) is 4.79 Å². The van der Waals surface area contributed by atoms with E-state index in [2.05, 4.69) is 22.5 Å². The van der Waals surface area contributed by atoms with Gasteiger partial charge >= 0.3 is 5.69 Å². The molecule has 1 aliphatic rings. The molecule has 1 aromatic rings. The standard InChI is InChI=1S/C16H23N3O2/c1-11(12-8-6-5-7-9-12)17-13-10-14(20)19(15(21)18-13)16(2,3)4/h5-8,10-12,17H,9H2,1-4H3,(H,18,21)/t11-,12?/m0/s1. The maximum atomic E-state index is 12.1. The van der Waals surface area contributed by atoms with Crippen LogP contribution in [0.1, 0.15) is 34.1 Å². The summed E-state index contributed by atoms with van der Waals surface area (Å²) in [7, 11) is 0. The van der Waals surface area contributed by atoms with Crippen molar-refractivity contribution < 1.29 is 0 Å². The molecule has 114 valence electrons. The van der Waals surface area contributed by atoms with Gasteiger partial charge in [0.1, 0.15) is 5.82 Å². The third-order valence-corrected chi connectivity index (χ3v) is 3.64. The Morgan fingerprint density at radius 1 is 1.33 bits per heavy atom. The molecule has 2 rings (SSSR count). The molecule has 1 unspecified atom stereocenters. The van der Waals surface area contributed by atoms with Gasteiger partial charge in [-0.05, 0) is 34.1 Å². The molecule has 2 atom stereocenters. The first-order valence-electron chi connectivity index (χ1n) is 7.26. The first-order valence-corrected chi connectivity index (χ1v) is 7.26. The van der Waals surface area contributed by atoms with Crippen LogP contribution in [0.2, 0.25) is 0 Å². The van der Waals surface area contributed by atoms with Crippen molar-refractivity contribution in [1.29, 1.82) is 0 Å². The van der Waals surface area contributed by atoms with Crippen LogP contribution < -0.4 is 16.6 Å². The van der Waals surface area contributed by atoms with E-state index in [1.54, 1.807) is 0 Å². The Hall–Kier alpha value is -2.04. The van der Waals surface area contributed by atoms with Gasteiger partial charge in [0.15, 0.2) is 0 Å². The third-order valence-electron chi connectivity index (χ3n) is 3.64. The van der Waals surface area contributed by atoms with Crippen LogP contribution in [-0.4, -0.2) is 15.6 Å². The Labute approximate surface area is 124 Å². The number of aromatic nitrogens is 2. The summed E-state index contributed by atoms with van der Waals surface area (Å²) in [5.41, 5.74) is -1.21. The fourth-order valence-electron chi connectivity index (χ4n) is 2.53. The average molecular weight is 289 g/mol. The zero-order valence-electron chi connectivity index (χ0n) is 13.0. The van der Waals surface area contributed by atoms with Crippen molar-refractivity contribution in [2.75, 3.05) is 5.32 Å². The quantitative estimate of drug-likeness (QED) is 0.896. The van der Waals surface area contributed by atoms with E-state index in [9.17, 15) is 9.59 Å². The van der Waals surface area contributed by atoms with Gasteiger partial charge in [-0.1, -0.05) is 24.3 Å². The summed E-state index contributed by atoms with van der Waals surface area (Å²) in [5, 5.41) is 3.22. The molecule has 0 bridgehead atoms. The number of nitrogens with zero attached hydrogens (tertiary/aromatic N) is 1. The largest absolute Gasteiger partial charge is 0.368 e. The first kappa shape index (κ1) is 15.4. The summed E-state index contributed by atoms with van der Waals surface area (Å²) in [5.74, 6) is 0.824. The van der Waals surface area contributed by atoms with Gasteiger partial charge in [0.25, 0.3) is 5.56 Å². The van der Waals surface area contributed by atoms with E-state index in [0.29, 0.717) is 11.7 Å². The molecule has 0 spiro atoms. The number of nitrogens with one attached hydrogen (secondary N) is 2. The summed E-state index contributed by atoms with van der Waals surface area (Å²) in [6.45, 7) is 7.54. The molecular formula is C16H23N3O2. The molecule has 1 aliphatic carbocycles. The van der Waals surface area contributed by atoms with Gasteiger partial charge in [0.05, 0.1) is 0 Å². The Morgan fingerprint density at radius 2 is 2.05 bits per heavy atom. The molecule has 2 N–H and O–H groups in total. The van der Waals surface area contributed by atoms with E-state index in [0.717, 1.165) is 6.42 Å². The minimum Gasteiger partial charge on any atom is -0.368 e. The van der Waals surface area contributed by atoms with Crippen molar-refractivity contribution in [3.8, 4) is 0 Å². The number of allylic oxidation sites excluding steroid dienone is 3. The number of anilines is 1. The second-order valence-electron chi connectivity index (χ2n) is 6.48. The predicted molar refractivity (Wildman–Crippen MR) is 85.8 cm³/mol. The Morgan fingerprint density at radius 3 is 2.57 bits per heavy atom. The second-order valence-corrected chi connectivity index (χ2v) is 6.48. The lowest BCUT2D eigenvalue weighted by Crippen LogP contribution is -2.45. The van der Waals surface area contributed by atoms with Crippen molar-refractivity contribution in [3.05, 3.63) is 51.2 Å². The molecule has 0 amide bonds. The lowest BCUT2D eigenvalue weighted by Gasteiger charge is -2.24. The molecule has 21 heavy (non-hydrogen) atoms. The van der Waals surface area contributed by atoms with E-state index in [4.69, 9.17) is 0 Å². The van der Waals surface area contributed by atoms with Gasteiger partial charge in [0, 0.05) is 23.6 Å².